The molecule has 100 valence electrons. The largest absolute Gasteiger partial charge is 0.304 e. The van der Waals surface area contributed by atoms with Crippen molar-refractivity contribution in [3.63, 3.8) is 0 Å². The van der Waals surface area contributed by atoms with Crippen molar-refractivity contribution in [2.24, 2.45) is 0 Å². The first kappa shape index (κ1) is 14.3. The standard InChI is InChI=1S/C15H16Cl2N2/c1-10(12-5-7-18-8-6-12)19-11(2)13-3-4-14(16)15(17)9-13/h3-11,19H,1-2H3/t10-,11?/m0/s1. The first-order chi connectivity index (χ1) is 9.08. The number of benzene rings is 1. The van der Waals surface area contributed by atoms with Crippen LogP contribution in [0.1, 0.15) is 37.1 Å². The zero-order chi connectivity index (χ0) is 13.8. The van der Waals surface area contributed by atoms with Gasteiger partial charge in [0, 0.05) is 24.5 Å². The molecule has 0 aliphatic carbocycles. The van der Waals surface area contributed by atoms with E-state index in [1.165, 1.54) is 5.56 Å². The van der Waals surface area contributed by atoms with Gasteiger partial charge in [-0.15, -0.1) is 0 Å². The highest BCUT2D eigenvalue weighted by atomic mass is 35.5. The average molecular weight is 295 g/mol. The molecule has 1 heterocycles. The maximum absolute atomic E-state index is 6.04. The van der Waals surface area contributed by atoms with Crippen LogP contribution in [-0.2, 0) is 0 Å². The summed E-state index contributed by atoms with van der Waals surface area (Å²) in [4.78, 5) is 4.03. The number of pyridine rings is 1. The van der Waals surface area contributed by atoms with Gasteiger partial charge < -0.3 is 5.32 Å². The Balaban J connectivity index is 2.08. The molecule has 1 unspecified atom stereocenters. The highest BCUT2D eigenvalue weighted by Gasteiger charge is 2.12. The molecule has 0 saturated carbocycles. The number of nitrogens with one attached hydrogen (secondary N) is 1. The van der Waals surface area contributed by atoms with Gasteiger partial charge in [-0.2, -0.15) is 0 Å². The van der Waals surface area contributed by atoms with Crippen molar-refractivity contribution in [1.29, 1.82) is 0 Å². The quantitative estimate of drug-likeness (QED) is 0.876. The van der Waals surface area contributed by atoms with E-state index in [4.69, 9.17) is 23.2 Å². The van der Waals surface area contributed by atoms with E-state index in [1.54, 1.807) is 12.4 Å². The topological polar surface area (TPSA) is 24.9 Å². The summed E-state index contributed by atoms with van der Waals surface area (Å²) in [6, 6.07) is 10.2. The van der Waals surface area contributed by atoms with E-state index in [0.717, 1.165) is 5.56 Å². The Hall–Kier alpha value is -1.09. The molecule has 0 spiro atoms. The third-order valence-corrected chi connectivity index (χ3v) is 3.89. The maximum atomic E-state index is 6.04. The first-order valence-corrected chi connectivity index (χ1v) is 6.94. The molecule has 0 aliphatic rings. The molecule has 0 aliphatic heterocycles. The molecule has 1 N–H and O–H groups in total. The zero-order valence-electron chi connectivity index (χ0n) is 10.9. The van der Waals surface area contributed by atoms with Crippen LogP contribution in [0.25, 0.3) is 0 Å². The van der Waals surface area contributed by atoms with E-state index in [0.29, 0.717) is 10.0 Å². The van der Waals surface area contributed by atoms with E-state index >= 15 is 0 Å². The van der Waals surface area contributed by atoms with E-state index in [1.807, 2.05) is 30.3 Å². The predicted molar refractivity (Wildman–Crippen MR) is 80.7 cm³/mol. The minimum atomic E-state index is 0.193. The van der Waals surface area contributed by atoms with Gasteiger partial charge in [0.1, 0.15) is 0 Å². The minimum absolute atomic E-state index is 0.193. The summed E-state index contributed by atoms with van der Waals surface area (Å²) >= 11 is 12.0. The van der Waals surface area contributed by atoms with Crippen LogP contribution in [-0.4, -0.2) is 4.98 Å². The van der Waals surface area contributed by atoms with Crippen LogP contribution in [0.15, 0.2) is 42.7 Å². The molecular formula is C15H16Cl2N2. The monoisotopic (exact) mass is 294 g/mol. The van der Waals surface area contributed by atoms with Crippen LogP contribution in [0.5, 0.6) is 0 Å². The van der Waals surface area contributed by atoms with Gasteiger partial charge in [0.25, 0.3) is 0 Å². The van der Waals surface area contributed by atoms with Crippen LogP contribution >= 0.6 is 23.2 Å². The Labute approximate surface area is 123 Å². The molecule has 2 aromatic rings. The molecular weight excluding hydrogens is 279 g/mol. The Kier molecular flexibility index (Phi) is 4.81. The fraction of sp³-hybridized carbons (Fsp3) is 0.267. The summed E-state index contributed by atoms with van der Waals surface area (Å²) in [5.74, 6) is 0. The van der Waals surface area contributed by atoms with Crippen molar-refractivity contribution in [1.82, 2.24) is 10.3 Å². The Bertz CT molecular complexity index is 543. The second-order valence-corrected chi connectivity index (χ2v) is 5.38. The van der Waals surface area contributed by atoms with Gasteiger partial charge >= 0.3 is 0 Å². The van der Waals surface area contributed by atoms with Crippen molar-refractivity contribution >= 4 is 23.2 Å². The van der Waals surface area contributed by atoms with Crippen LogP contribution in [0.3, 0.4) is 0 Å². The summed E-state index contributed by atoms with van der Waals surface area (Å²) in [6.45, 7) is 4.24. The summed E-state index contributed by atoms with van der Waals surface area (Å²) in [7, 11) is 0. The van der Waals surface area contributed by atoms with Crippen LogP contribution < -0.4 is 5.32 Å². The molecule has 2 nitrogen and oxygen atoms in total. The van der Waals surface area contributed by atoms with Gasteiger partial charge in [0.05, 0.1) is 10.0 Å². The van der Waals surface area contributed by atoms with Gasteiger partial charge in [0.2, 0.25) is 0 Å². The number of hydrogen-bond donors (Lipinski definition) is 1. The second kappa shape index (κ2) is 6.38. The molecule has 0 bridgehead atoms. The maximum Gasteiger partial charge on any atom is 0.0595 e. The van der Waals surface area contributed by atoms with Gasteiger partial charge in [0.15, 0.2) is 0 Å². The Morgan fingerprint density at radius 3 is 2.16 bits per heavy atom. The molecule has 0 radical (unpaired) electrons. The number of rotatable bonds is 4. The molecule has 0 amide bonds. The second-order valence-electron chi connectivity index (χ2n) is 4.56. The van der Waals surface area contributed by atoms with Gasteiger partial charge in [-0.05, 0) is 49.2 Å². The van der Waals surface area contributed by atoms with Crippen molar-refractivity contribution in [3.05, 3.63) is 63.9 Å². The number of nitrogens with zero attached hydrogens (tertiary/aromatic N) is 1. The summed E-state index contributed by atoms with van der Waals surface area (Å²) in [5, 5.41) is 4.70. The van der Waals surface area contributed by atoms with Crippen molar-refractivity contribution < 1.29 is 0 Å². The van der Waals surface area contributed by atoms with Crippen molar-refractivity contribution in [3.8, 4) is 0 Å². The SMILES string of the molecule is CC(N[C@@H](C)c1ccncc1)c1ccc(Cl)c(Cl)c1. The number of hydrogen-bond acceptors (Lipinski definition) is 2. The van der Waals surface area contributed by atoms with Crippen molar-refractivity contribution in [2.75, 3.05) is 0 Å². The lowest BCUT2D eigenvalue weighted by Crippen LogP contribution is -2.22. The summed E-state index contributed by atoms with van der Waals surface area (Å²) in [6.07, 6.45) is 3.61. The fourth-order valence-electron chi connectivity index (χ4n) is 2.00. The van der Waals surface area contributed by atoms with E-state index in [-0.39, 0.29) is 12.1 Å². The zero-order valence-corrected chi connectivity index (χ0v) is 12.4. The van der Waals surface area contributed by atoms with Gasteiger partial charge in [-0.25, -0.2) is 0 Å². The molecule has 1 aromatic carbocycles. The Morgan fingerprint density at radius 2 is 1.53 bits per heavy atom. The predicted octanol–water partition coefficient (Wildman–Crippen LogP) is 4.80. The fourth-order valence-corrected chi connectivity index (χ4v) is 2.31. The smallest absolute Gasteiger partial charge is 0.0595 e. The van der Waals surface area contributed by atoms with Crippen LogP contribution in [0, 0.1) is 0 Å². The number of halogens is 2. The van der Waals surface area contributed by atoms with Crippen molar-refractivity contribution in [2.45, 2.75) is 25.9 Å². The molecule has 2 atom stereocenters. The molecule has 4 heteroatoms. The van der Waals surface area contributed by atoms with Crippen LogP contribution in [0.4, 0.5) is 0 Å². The highest BCUT2D eigenvalue weighted by molar-refractivity contribution is 6.42. The Morgan fingerprint density at radius 1 is 0.895 bits per heavy atom. The molecule has 1 aromatic heterocycles. The average Bonchev–Trinajstić information content (AvgIpc) is 2.42. The summed E-state index contributed by atoms with van der Waals surface area (Å²) < 4.78 is 0. The molecule has 19 heavy (non-hydrogen) atoms. The molecule has 2 rings (SSSR count). The van der Waals surface area contributed by atoms with Crippen LogP contribution in [0.2, 0.25) is 10.0 Å². The highest BCUT2D eigenvalue weighted by Crippen LogP contribution is 2.26. The molecule has 0 fully saturated rings. The van der Waals surface area contributed by atoms with Gasteiger partial charge in [-0.3, -0.25) is 4.98 Å². The first-order valence-electron chi connectivity index (χ1n) is 6.19. The van der Waals surface area contributed by atoms with Gasteiger partial charge in [-0.1, -0.05) is 29.3 Å². The third kappa shape index (κ3) is 3.69. The minimum Gasteiger partial charge on any atom is -0.304 e. The molecule has 0 saturated heterocycles. The number of aromatic nitrogens is 1. The third-order valence-electron chi connectivity index (χ3n) is 3.15. The van der Waals surface area contributed by atoms with E-state index in [9.17, 15) is 0 Å². The van der Waals surface area contributed by atoms with E-state index in [2.05, 4.69) is 24.1 Å². The van der Waals surface area contributed by atoms with E-state index < -0.39 is 0 Å². The summed E-state index contributed by atoms with van der Waals surface area (Å²) in [5.41, 5.74) is 2.33. The lowest BCUT2D eigenvalue weighted by molar-refractivity contribution is 0.494. The lowest BCUT2D eigenvalue weighted by atomic mass is 10.1. The normalized spacial score (nSPS) is 14.1. The lowest BCUT2D eigenvalue weighted by Gasteiger charge is -2.21.